The lowest BCUT2D eigenvalue weighted by molar-refractivity contribution is 1.13. The Labute approximate surface area is 112 Å². The zero-order valence-electron chi connectivity index (χ0n) is 8.77. The van der Waals surface area contributed by atoms with E-state index in [9.17, 15) is 0 Å². The number of hydrogen-bond acceptors (Lipinski definition) is 1. The van der Waals surface area contributed by atoms with Crippen LogP contribution in [0.5, 0.6) is 0 Å². The van der Waals surface area contributed by atoms with Crippen molar-refractivity contribution in [3.05, 3.63) is 58.3 Å². The minimum Gasteiger partial charge on any atom is -0.287 e. The number of nitrogens with zero attached hydrogens (tertiary/aromatic N) is 2. The molecule has 1 aromatic carbocycles. The second-order valence-corrected chi connectivity index (χ2v) is 4.89. The van der Waals surface area contributed by atoms with Gasteiger partial charge >= 0.3 is 0 Å². The first-order valence-corrected chi connectivity index (χ1v) is 6.31. The largest absolute Gasteiger partial charge is 0.287 e. The fourth-order valence-corrected chi connectivity index (χ4v) is 2.59. The molecule has 0 N–H and O–H groups in total. The average Bonchev–Trinajstić information content (AvgIpc) is 2.75. The number of imidazole rings is 1. The van der Waals surface area contributed by atoms with Gasteiger partial charge in [-0.3, -0.25) is 4.40 Å². The Balaban J connectivity index is 2.36. The summed E-state index contributed by atoms with van der Waals surface area (Å²) in [6.45, 7) is 0. The molecule has 0 saturated carbocycles. The molecular formula is C13H8BrClN2. The molecule has 0 bridgehead atoms. The lowest BCUT2D eigenvalue weighted by Gasteiger charge is -2.05. The predicted octanol–water partition coefficient (Wildman–Crippen LogP) is 4.42. The Morgan fingerprint density at radius 3 is 2.71 bits per heavy atom. The average molecular weight is 308 g/mol. The van der Waals surface area contributed by atoms with E-state index in [2.05, 4.69) is 20.9 Å². The summed E-state index contributed by atoms with van der Waals surface area (Å²) in [7, 11) is 0. The summed E-state index contributed by atoms with van der Waals surface area (Å²) in [6, 6.07) is 13.7. The molecule has 2 aromatic heterocycles. The highest BCUT2D eigenvalue weighted by Gasteiger charge is 2.10. The second kappa shape index (κ2) is 4.17. The summed E-state index contributed by atoms with van der Waals surface area (Å²) in [5, 5.41) is 0.704. The van der Waals surface area contributed by atoms with Gasteiger partial charge in [-0.25, -0.2) is 4.98 Å². The highest BCUT2D eigenvalue weighted by atomic mass is 79.9. The first-order chi connectivity index (χ1) is 8.27. The number of fused-ring (bicyclic) bond motifs is 1. The molecule has 2 heterocycles. The van der Waals surface area contributed by atoms with Crippen molar-refractivity contribution in [2.75, 3.05) is 0 Å². The normalized spacial score (nSPS) is 10.9. The van der Waals surface area contributed by atoms with Gasteiger partial charge in [-0.15, -0.1) is 0 Å². The summed E-state index contributed by atoms with van der Waals surface area (Å²) in [5.41, 5.74) is 1.97. The van der Waals surface area contributed by atoms with E-state index in [0.29, 0.717) is 5.02 Å². The molecule has 17 heavy (non-hydrogen) atoms. The summed E-state index contributed by atoms with van der Waals surface area (Å²) in [5.74, 6) is 0.845. The number of pyridine rings is 1. The topological polar surface area (TPSA) is 17.3 Å². The summed E-state index contributed by atoms with van der Waals surface area (Å²) >= 11 is 9.73. The molecule has 0 atom stereocenters. The van der Waals surface area contributed by atoms with Crippen molar-refractivity contribution in [3.63, 3.8) is 0 Å². The summed E-state index contributed by atoms with van der Waals surface area (Å²) in [4.78, 5) is 4.44. The number of rotatable bonds is 1. The molecule has 3 aromatic rings. The Bertz CT molecular complexity index is 691. The van der Waals surface area contributed by atoms with Gasteiger partial charge in [-0.2, -0.15) is 0 Å². The minimum atomic E-state index is 0.704. The van der Waals surface area contributed by atoms with Crippen molar-refractivity contribution in [2.24, 2.45) is 0 Å². The van der Waals surface area contributed by atoms with Crippen molar-refractivity contribution >= 4 is 33.0 Å². The van der Waals surface area contributed by atoms with Crippen molar-refractivity contribution in [1.29, 1.82) is 0 Å². The molecule has 0 amide bonds. The van der Waals surface area contributed by atoms with Gasteiger partial charge in [-0.05, 0) is 40.2 Å². The van der Waals surface area contributed by atoms with E-state index in [0.717, 1.165) is 21.5 Å². The van der Waals surface area contributed by atoms with Gasteiger partial charge < -0.3 is 0 Å². The third-order valence-corrected chi connectivity index (χ3v) is 3.57. The summed E-state index contributed by atoms with van der Waals surface area (Å²) < 4.78 is 2.99. The van der Waals surface area contributed by atoms with Crippen LogP contribution in [0.3, 0.4) is 0 Å². The van der Waals surface area contributed by atoms with Gasteiger partial charge in [0.25, 0.3) is 0 Å². The van der Waals surface area contributed by atoms with Crippen molar-refractivity contribution < 1.29 is 0 Å². The van der Waals surface area contributed by atoms with Crippen LogP contribution in [0.25, 0.3) is 16.9 Å². The highest BCUT2D eigenvalue weighted by molar-refractivity contribution is 9.10. The second-order valence-electron chi connectivity index (χ2n) is 3.67. The van der Waals surface area contributed by atoms with Gasteiger partial charge in [0.1, 0.15) is 5.82 Å². The first-order valence-electron chi connectivity index (χ1n) is 5.14. The van der Waals surface area contributed by atoms with Gasteiger partial charge in [-0.1, -0.05) is 29.8 Å². The highest BCUT2D eigenvalue weighted by Crippen LogP contribution is 2.29. The predicted molar refractivity (Wildman–Crippen MR) is 73.3 cm³/mol. The smallest absolute Gasteiger partial charge is 0.146 e. The van der Waals surface area contributed by atoms with E-state index >= 15 is 0 Å². The van der Waals surface area contributed by atoms with Crippen LogP contribution in [0.1, 0.15) is 0 Å². The van der Waals surface area contributed by atoms with Crippen molar-refractivity contribution in [3.8, 4) is 11.4 Å². The molecule has 0 aliphatic heterocycles. The zero-order chi connectivity index (χ0) is 11.8. The van der Waals surface area contributed by atoms with Crippen LogP contribution < -0.4 is 0 Å². The van der Waals surface area contributed by atoms with Crippen LogP contribution >= 0.6 is 27.5 Å². The Hall–Kier alpha value is -1.32. The monoisotopic (exact) mass is 306 g/mol. The lowest BCUT2D eigenvalue weighted by Crippen LogP contribution is -1.91. The van der Waals surface area contributed by atoms with E-state index in [1.165, 1.54) is 0 Å². The van der Waals surface area contributed by atoms with Gasteiger partial charge in [0.15, 0.2) is 0 Å². The zero-order valence-corrected chi connectivity index (χ0v) is 11.1. The number of hydrogen-bond donors (Lipinski definition) is 0. The Morgan fingerprint density at radius 1 is 1.06 bits per heavy atom. The van der Waals surface area contributed by atoms with Crippen LogP contribution in [0.15, 0.2) is 53.3 Å². The quantitative estimate of drug-likeness (QED) is 0.608. The molecule has 4 heteroatoms. The number of benzene rings is 1. The molecule has 2 nitrogen and oxygen atoms in total. The first kappa shape index (κ1) is 10.8. The van der Waals surface area contributed by atoms with E-state index in [-0.39, 0.29) is 0 Å². The Kier molecular flexibility index (Phi) is 2.65. The van der Waals surface area contributed by atoms with Crippen LogP contribution in [-0.4, -0.2) is 9.38 Å². The van der Waals surface area contributed by atoms with E-state index in [4.69, 9.17) is 11.6 Å². The van der Waals surface area contributed by atoms with Gasteiger partial charge in [0.2, 0.25) is 0 Å². The number of halogens is 2. The maximum Gasteiger partial charge on any atom is 0.146 e. The third kappa shape index (κ3) is 1.75. The lowest BCUT2D eigenvalue weighted by atomic mass is 10.2. The molecule has 0 aliphatic carbocycles. The molecule has 0 aliphatic rings. The fourth-order valence-electron chi connectivity index (χ4n) is 1.84. The van der Waals surface area contributed by atoms with Gasteiger partial charge in [0.05, 0.1) is 21.3 Å². The van der Waals surface area contributed by atoms with Crippen molar-refractivity contribution in [2.45, 2.75) is 0 Å². The Morgan fingerprint density at radius 2 is 1.88 bits per heavy atom. The number of aromatic nitrogens is 2. The van der Waals surface area contributed by atoms with Crippen LogP contribution in [0, 0.1) is 0 Å². The summed E-state index contributed by atoms with van der Waals surface area (Å²) in [6.07, 6.45) is 1.84. The van der Waals surface area contributed by atoms with E-state index in [1.807, 2.05) is 53.1 Å². The van der Waals surface area contributed by atoms with Crippen LogP contribution in [0.4, 0.5) is 0 Å². The maximum atomic E-state index is 6.20. The molecule has 0 radical (unpaired) electrons. The van der Waals surface area contributed by atoms with Gasteiger partial charge in [0, 0.05) is 5.56 Å². The molecule has 0 saturated heterocycles. The molecular weight excluding hydrogens is 300 g/mol. The molecule has 3 rings (SSSR count). The SMILES string of the molecule is Clc1ccccc1-c1ncc2cccc(Br)n12. The van der Waals surface area contributed by atoms with E-state index < -0.39 is 0 Å². The third-order valence-electron chi connectivity index (χ3n) is 2.62. The van der Waals surface area contributed by atoms with E-state index in [1.54, 1.807) is 0 Å². The fraction of sp³-hybridized carbons (Fsp3) is 0. The van der Waals surface area contributed by atoms with Crippen molar-refractivity contribution in [1.82, 2.24) is 9.38 Å². The molecule has 0 fully saturated rings. The van der Waals surface area contributed by atoms with Crippen LogP contribution in [0.2, 0.25) is 5.02 Å². The minimum absolute atomic E-state index is 0.704. The maximum absolute atomic E-state index is 6.20. The molecule has 84 valence electrons. The van der Waals surface area contributed by atoms with Crippen LogP contribution in [-0.2, 0) is 0 Å². The standard InChI is InChI=1S/C13H8BrClN2/c14-12-7-3-4-9-8-16-13(17(9)12)10-5-1-2-6-11(10)15/h1-8H. The molecule has 0 unspecified atom stereocenters. The molecule has 0 spiro atoms.